The number of methoxy groups -OCH3 is 1. The average Bonchev–Trinajstić information content (AvgIpc) is 2.56. The van der Waals surface area contributed by atoms with E-state index in [1.165, 1.54) is 25.3 Å². The molecular weight excluding hydrogens is 342 g/mol. The van der Waals surface area contributed by atoms with Crippen molar-refractivity contribution in [1.82, 2.24) is 4.98 Å². The molecule has 1 aromatic carbocycles. The van der Waals surface area contributed by atoms with Crippen LogP contribution in [0.3, 0.4) is 0 Å². The summed E-state index contributed by atoms with van der Waals surface area (Å²) in [6, 6.07) is 6.30. The Morgan fingerprint density at radius 2 is 1.92 bits per heavy atom. The van der Waals surface area contributed by atoms with Gasteiger partial charge in [0.2, 0.25) is 5.91 Å². The molecule has 0 spiro atoms. The molecule has 0 aliphatic carbocycles. The topological polar surface area (TPSA) is 60.5 Å². The van der Waals surface area contributed by atoms with Crippen LogP contribution in [-0.4, -0.2) is 24.6 Å². The van der Waals surface area contributed by atoms with Gasteiger partial charge in [-0.2, -0.15) is 8.78 Å². The summed E-state index contributed by atoms with van der Waals surface area (Å²) in [5.74, 6) is -0.239. The lowest BCUT2D eigenvalue weighted by Crippen LogP contribution is -2.11. The number of anilines is 1. The molecule has 1 heterocycles. The molecule has 0 bridgehead atoms. The Labute approximate surface area is 150 Å². The van der Waals surface area contributed by atoms with Gasteiger partial charge in [-0.1, -0.05) is 6.07 Å². The Morgan fingerprint density at radius 3 is 2.54 bits per heavy atom. The van der Waals surface area contributed by atoms with E-state index in [0.717, 1.165) is 17.0 Å². The van der Waals surface area contributed by atoms with E-state index in [-0.39, 0.29) is 17.4 Å². The molecule has 0 unspecified atom stereocenters. The first-order chi connectivity index (χ1) is 12.3. The van der Waals surface area contributed by atoms with Crippen LogP contribution >= 0.6 is 0 Å². The molecule has 26 heavy (non-hydrogen) atoms. The number of nitrogens with zero attached hydrogens (tertiary/aromatic N) is 1. The highest BCUT2D eigenvalue weighted by atomic mass is 19.3. The third-order valence-corrected chi connectivity index (χ3v) is 3.60. The standard InChI is InChI=1S/C19H20F2N2O3/c1-11-9-12(2)22-13(3)18(11)23-17(24)8-6-14-5-7-15(26-19(20)21)16(10-14)25-4/h5-10,19H,1-4H3,(H,23,24)/b8-6+. The van der Waals surface area contributed by atoms with Gasteiger partial charge in [-0.25, -0.2) is 0 Å². The zero-order chi connectivity index (χ0) is 19.3. The van der Waals surface area contributed by atoms with Gasteiger partial charge in [-0.05, 0) is 56.2 Å². The van der Waals surface area contributed by atoms with Crippen LogP contribution in [0.25, 0.3) is 6.08 Å². The Morgan fingerprint density at radius 1 is 1.19 bits per heavy atom. The van der Waals surface area contributed by atoms with Gasteiger partial charge in [0.15, 0.2) is 11.5 Å². The summed E-state index contributed by atoms with van der Waals surface area (Å²) >= 11 is 0. The summed E-state index contributed by atoms with van der Waals surface area (Å²) in [5, 5.41) is 2.80. The SMILES string of the molecule is COc1cc(/C=C/C(=O)Nc2c(C)cc(C)nc2C)ccc1OC(F)F. The van der Waals surface area contributed by atoms with E-state index >= 15 is 0 Å². The summed E-state index contributed by atoms with van der Waals surface area (Å²) in [4.78, 5) is 16.5. The van der Waals surface area contributed by atoms with Crippen molar-refractivity contribution in [3.8, 4) is 11.5 Å². The van der Waals surface area contributed by atoms with Crippen LogP contribution in [-0.2, 0) is 4.79 Å². The lowest BCUT2D eigenvalue weighted by Gasteiger charge is -2.11. The van der Waals surface area contributed by atoms with Crippen LogP contribution in [0.5, 0.6) is 11.5 Å². The Hall–Kier alpha value is -2.96. The first-order valence-corrected chi connectivity index (χ1v) is 7.87. The first kappa shape index (κ1) is 19.4. The molecule has 0 atom stereocenters. The number of pyridine rings is 1. The second kappa shape index (κ2) is 8.42. The number of carbonyl (C=O) groups is 1. The summed E-state index contributed by atoms with van der Waals surface area (Å²) in [7, 11) is 1.35. The third-order valence-electron chi connectivity index (χ3n) is 3.60. The Bertz CT molecular complexity index is 813. The van der Waals surface area contributed by atoms with Gasteiger partial charge in [-0.3, -0.25) is 9.78 Å². The molecular formula is C19H20F2N2O3. The number of carbonyl (C=O) groups excluding carboxylic acids is 1. The molecule has 7 heteroatoms. The minimum atomic E-state index is -2.94. The van der Waals surface area contributed by atoms with Crippen LogP contribution in [0.15, 0.2) is 30.3 Å². The van der Waals surface area contributed by atoms with E-state index in [1.54, 1.807) is 12.1 Å². The zero-order valence-electron chi connectivity index (χ0n) is 15.0. The van der Waals surface area contributed by atoms with Crippen molar-refractivity contribution in [3.63, 3.8) is 0 Å². The van der Waals surface area contributed by atoms with Crippen LogP contribution in [0.1, 0.15) is 22.5 Å². The summed E-state index contributed by atoms with van der Waals surface area (Å²) in [6.45, 7) is 2.67. The fourth-order valence-electron chi connectivity index (χ4n) is 2.53. The number of halogens is 2. The first-order valence-electron chi connectivity index (χ1n) is 7.87. The van der Waals surface area contributed by atoms with Crippen molar-refractivity contribution in [2.75, 3.05) is 12.4 Å². The maximum atomic E-state index is 12.3. The van der Waals surface area contributed by atoms with E-state index in [9.17, 15) is 13.6 Å². The largest absolute Gasteiger partial charge is 0.493 e. The van der Waals surface area contributed by atoms with E-state index < -0.39 is 6.61 Å². The molecule has 5 nitrogen and oxygen atoms in total. The Balaban J connectivity index is 2.13. The molecule has 1 N–H and O–H groups in total. The molecule has 0 saturated carbocycles. The van der Waals surface area contributed by atoms with Crippen LogP contribution in [0.2, 0.25) is 0 Å². The number of hydrogen-bond donors (Lipinski definition) is 1. The number of aromatic nitrogens is 1. The van der Waals surface area contributed by atoms with Gasteiger partial charge in [0.25, 0.3) is 0 Å². The number of hydrogen-bond acceptors (Lipinski definition) is 4. The van der Waals surface area contributed by atoms with E-state index in [4.69, 9.17) is 4.74 Å². The fraction of sp³-hybridized carbons (Fsp3) is 0.263. The van der Waals surface area contributed by atoms with Crippen molar-refractivity contribution < 1.29 is 23.0 Å². The predicted molar refractivity (Wildman–Crippen MR) is 95.7 cm³/mol. The number of rotatable bonds is 6. The summed E-state index contributed by atoms with van der Waals surface area (Å²) in [6.07, 6.45) is 2.90. The third kappa shape index (κ3) is 5.02. The van der Waals surface area contributed by atoms with Crippen LogP contribution in [0.4, 0.5) is 14.5 Å². The van der Waals surface area contributed by atoms with E-state index in [1.807, 2.05) is 26.8 Å². The Kier molecular flexibility index (Phi) is 6.27. The van der Waals surface area contributed by atoms with Crippen molar-refractivity contribution in [2.24, 2.45) is 0 Å². The molecule has 0 saturated heterocycles. The van der Waals surface area contributed by atoms with Crippen molar-refractivity contribution in [2.45, 2.75) is 27.4 Å². The van der Waals surface area contributed by atoms with Gasteiger partial charge < -0.3 is 14.8 Å². The van der Waals surface area contributed by atoms with Gasteiger partial charge in [0, 0.05) is 11.8 Å². The molecule has 0 fully saturated rings. The number of aryl methyl sites for hydroxylation is 3. The summed E-state index contributed by atoms with van der Waals surface area (Å²) < 4.78 is 34.1. The van der Waals surface area contributed by atoms with E-state index in [0.29, 0.717) is 11.3 Å². The maximum Gasteiger partial charge on any atom is 0.387 e. The fourth-order valence-corrected chi connectivity index (χ4v) is 2.53. The lowest BCUT2D eigenvalue weighted by molar-refractivity contribution is -0.111. The highest BCUT2D eigenvalue weighted by molar-refractivity contribution is 6.02. The molecule has 1 amide bonds. The zero-order valence-corrected chi connectivity index (χ0v) is 15.0. The lowest BCUT2D eigenvalue weighted by atomic mass is 10.1. The number of ether oxygens (including phenoxy) is 2. The number of alkyl halides is 2. The molecule has 2 rings (SSSR count). The minimum Gasteiger partial charge on any atom is -0.493 e. The summed E-state index contributed by atoms with van der Waals surface area (Å²) in [5.41, 5.74) is 3.82. The molecule has 0 aliphatic rings. The van der Waals surface area contributed by atoms with Gasteiger partial charge in [0.05, 0.1) is 18.5 Å². The van der Waals surface area contributed by atoms with Crippen molar-refractivity contribution in [3.05, 3.63) is 52.9 Å². The molecule has 1 aromatic heterocycles. The molecule has 0 aliphatic heterocycles. The van der Waals surface area contributed by atoms with Crippen LogP contribution in [0, 0.1) is 20.8 Å². The second-order valence-corrected chi connectivity index (χ2v) is 5.65. The highest BCUT2D eigenvalue weighted by Gasteiger charge is 2.11. The van der Waals surface area contributed by atoms with Gasteiger partial charge >= 0.3 is 6.61 Å². The van der Waals surface area contributed by atoms with E-state index in [2.05, 4.69) is 15.0 Å². The van der Waals surface area contributed by atoms with Crippen molar-refractivity contribution in [1.29, 1.82) is 0 Å². The predicted octanol–water partition coefficient (Wildman–Crippen LogP) is 4.27. The van der Waals surface area contributed by atoms with Crippen molar-refractivity contribution >= 4 is 17.7 Å². The van der Waals surface area contributed by atoms with Gasteiger partial charge in [0.1, 0.15) is 0 Å². The van der Waals surface area contributed by atoms with Crippen LogP contribution < -0.4 is 14.8 Å². The maximum absolute atomic E-state index is 12.3. The molecule has 2 aromatic rings. The minimum absolute atomic E-state index is 0.0684. The monoisotopic (exact) mass is 362 g/mol. The average molecular weight is 362 g/mol. The quantitative estimate of drug-likeness (QED) is 0.780. The molecule has 0 radical (unpaired) electrons. The van der Waals surface area contributed by atoms with Gasteiger partial charge in [-0.15, -0.1) is 0 Å². The highest BCUT2D eigenvalue weighted by Crippen LogP contribution is 2.29. The second-order valence-electron chi connectivity index (χ2n) is 5.65. The number of benzene rings is 1. The normalized spacial score (nSPS) is 11.0. The number of amides is 1. The number of nitrogens with one attached hydrogen (secondary N) is 1. The molecule has 138 valence electrons. The smallest absolute Gasteiger partial charge is 0.387 e.